The SMILES string of the molecule is Cc1occc1Oc1ccc(C#N)cc1. The van der Waals surface area contributed by atoms with Crippen molar-refractivity contribution < 1.29 is 9.15 Å². The number of hydrogen-bond donors (Lipinski definition) is 0. The summed E-state index contributed by atoms with van der Waals surface area (Å²) in [5.74, 6) is 2.12. The van der Waals surface area contributed by atoms with Crippen molar-refractivity contribution in [2.24, 2.45) is 0 Å². The van der Waals surface area contributed by atoms with Crippen LogP contribution in [0.15, 0.2) is 41.0 Å². The van der Waals surface area contributed by atoms with E-state index in [1.807, 2.05) is 6.92 Å². The number of rotatable bonds is 2. The quantitative estimate of drug-likeness (QED) is 0.745. The van der Waals surface area contributed by atoms with Gasteiger partial charge in [0, 0.05) is 6.07 Å². The molecule has 0 atom stereocenters. The lowest BCUT2D eigenvalue weighted by molar-refractivity contribution is 0.451. The molecule has 1 heterocycles. The molecule has 0 unspecified atom stereocenters. The summed E-state index contributed by atoms with van der Waals surface area (Å²) in [6, 6.07) is 10.7. The summed E-state index contributed by atoms with van der Waals surface area (Å²) < 4.78 is 10.6. The third-order valence-electron chi connectivity index (χ3n) is 2.02. The van der Waals surface area contributed by atoms with Crippen LogP contribution >= 0.6 is 0 Å². The first-order valence-electron chi connectivity index (χ1n) is 4.52. The lowest BCUT2D eigenvalue weighted by atomic mass is 10.2. The number of furan rings is 1. The lowest BCUT2D eigenvalue weighted by Gasteiger charge is -2.03. The van der Waals surface area contributed by atoms with Gasteiger partial charge in [0.15, 0.2) is 5.75 Å². The molecule has 74 valence electrons. The highest BCUT2D eigenvalue weighted by Crippen LogP contribution is 2.25. The van der Waals surface area contributed by atoms with Crippen LogP contribution in [0.5, 0.6) is 11.5 Å². The van der Waals surface area contributed by atoms with Crippen LogP contribution in [-0.4, -0.2) is 0 Å². The van der Waals surface area contributed by atoms with Gasteiger partial charge in [-0.25, -0.2) is 0 Å². The van der Waals surface area contributed by atoms with Crippen LogP contribution in [0.25, 0.3) is 0 Å². The van der Waals surface area contributed by atoms with Crippen molar-refractivity contribution in [2.45, 2.75) is 6.92 Å². The van der Waals surface area contributed by atoms with Gasteiger partial charge in [0.05, 0.1) is 17.9 Å². The lowest BCUT2D eigenvalue weighted by Crippen LogP contribution is -1.83. The molecule has 0 saturated carbocycles. The molecule has 3 nitrogen and oxygen atoms in total. The van der Waals surface area contributed by atoms with E-state index in [-0.39, 0.29) is 0 Å². The molecule has 0 saturated heterocycles. The van der Waals surface area contributed by atoms with Gasteiger partial charge >= 0.3 is 0 Å². The van der Waals surface area contributed by atoms with Gasteiger partial charge < -0.3 is 9.15 Å². The van der Waals surface area contributed by atoms with E-state index in [1.54, 1.807) is 36.6 Å². The Bertz CT molecular complexity index is 491. The minimum Gasteiger partial charge on any atom is -0.466 e. The topological polar surface area (TPSA) is 46.2 Å². The van der Waals surface area contributed by atoms with Crippen molar-refractivity contribution in [2.75, 3.05) is 0 Å². The number of benzene rings is 1. The summed E-state index contributed by atoms with van der Waals surface area (Å²) in [5.41, 5.74) is 0.617. The van der Waals surface area contributed by atoms with Gasteiger partial charge in [-0.15, -0.1) is 0 Å². The maximum absolute atomic E-state index is 8.62. The average Bonchev–Trinajstić information content (AvgIpc) is 2.66. The molecule has 0 aliphatic heterocycles. The molecular weight excluding hydrogens is 190 g/mol. The first-order valence-corrected chi connectivity index (χ1v) is 4.52. The van der Waals surface area contributed by atoms with Crippen molar-refractivity contribution in [3.8, 4) is 17.6 Å². The van der Waals surface area contributed by atoms with Gasteiger partial charge in [-0.05, 0) is 31.2 Å². The predicted octanol–water partition coefficient (Wildman–Crippen LogP) is 3.25. The maximum atomic E-state index is 8.62. The van der Waals surface area contributed by atoms with Crippen LogP contribution in [0.2, 0.25) is 0 Å². The molecule has 0 spiro atoms. The molecule has 0 N–H and O–H groups in total. The van der Waals surface area contributed by atoms with Crippen molar-refractivity contribution in [1.82, 2.24) is 0 Å². The van der Waals surface area contributed by atoms with Gasteiger partial charge in [0.25, 0.3) is 0 Å². The molecule has 0 bridgehead atoms. The fourth-order valence-electron chi connectivity index (χ4n) is 1.20. The number of hydrogen-bond acceptors (Lipinski definition) is 3. The summed E-state index contributed by atoms with van der Waals surface area (Å²) >= 11 is 0. The molecule has 0 aliphatic rings. The third kappa shape index (κ3) is 2.00. The molecule has 2 rings (SSSR count). The van der Waals surface area contributed by atoms with Crippen LogP contribution in [-0.2, 0) is 0 Å². The normalized spacial score (nSPS) is 9.60. The fraction of sp³-hybridized carbons (Fsp3) is 0.0833. The van der Waals surface area contributed by atoms with E-state index in [1.165, 1.54) is 0 Å². The number of aryl methyl sites for hydroxylation is 1. The van der Waals surface area contributed by atoms with Crippen LogP contribution in [0, 0.1) is 18.3 Å². The van der Waals surface area contributed by atoms with Crippen LogP contribution in [0.4, 0.5) is 0 Å². The van der Waals surface area contributed by atoms with E-state index >= 15 is 0 Å². The molecule has 0 fully saturated rings. The van der Waals surface area contributed by atoms with Gasteiger partial charge in [0.1, 0.15) is 11.5 Å². The van der Waals surface area contributed by atoms with E-state index in [2.05, 4.69) is 6.07 Å². The van der Waals surface area contributed by atoms with E-state index < -0.39 is 0 Å². The summed E-state index contributed by atoms with van der Waals surface area (Å²) in [6.45, 7) is 1.83. The molecule has 2 aromatic rings. The molecule has 0 radical (unpaired) electrons. The zero-order valence-electron chi connectivity index (χ0n) is 8.23. The molecule has 0 amide bonds. The minimum absolute atomic E-state index is 0.617. The van der Waals surface area contributed by atoms with Gasteiger partial charge in [-0.3, -0.25) is 0 Å². The Balaban J connectivity index is 2.19. The third-order valence-corrected chi connectivity index (χ3v) is 2.02. The standard InChI is InChI=1S/C12H9NO2/c1-9-12(6-7-14-9)15-11-4-2-10(8-13)3-5-11/h2-7H,1H3. The van der Waals surface area contributed by atoms with Crippen molar-refractivity contribution in [3.63, 3.8) is 0 Å². The molecular formula is C12H9NO2. The molecule has 0 aliphatic carbocycles. The Hall–Kier alpha value is -2.21. The maximum Gasteiger partial charge on any atom is 0.168 e. The van der Waals surface area contributed by atoms with E-state index in [4.69, 9.17) is 14.4 Å². The molecule has 15 heavy (non-hydrogen) atoms. The highest BCUT2D eigenvalue weighted by atomic mass is 16.5. The van der Waals surface area contributed by atoms with Crippen molar-refractivity contribution >= 4 is 0 Å². The first kappa shape index (κ1) is 9.35. The van der Waals surface area contributed by atoms with Gasteiger partial charge in [-0.1, -0.05) is 0 Å². The largest absolute Gasteiger partial charge is 0.466 e. The Morgan fingerprint density at radius 3 is 2.47 bits per heavy atom. The second kappa shape index (κ2) is 3.89. The van der Waals surface area contributed by atoms with Gasteiger partial charge in [-0.2, -0.15) is 5.26 Å². The number of nitrogens with zero attached hydrogens (tertiary/aromatic N) is 1. The Kier molecular flexibility index (Phi) is 2.42. The van der Waals surface area contributed by atoms with Crippen LogP contribution in [0.1, 0.15) is 11.3 Å². The second-order valence-electron chi connectivity index (χ2n) is 3.08. The van der Waals surface area contributed by atoms with Gasteiger partial charge in [0.2, 0.25) is 0 Å². The van der Waals surface area contributed by atoms with E-state index in [0.717, 1.165) is 5.76 Å². The molecule has 3 heteroatoms. The van der Waals surface area contributed by atoms with E-state index in [0.29, 0.717) is 17.1 Å². The van der Waals surface area contributed by atoms with Crippen molar-refractivity contribution in [3.05, 3.63) is 47.9 Å². The average molecular weight is 199 g/mol. The van der Waals surface area contributed by atoms with Crippen LogP contribution in [0.3, 0.4) is 0 Å². The predicted molar refractivity (Wildman–Crippen MR) is 54.7 cm³/mol. The summed E-state index contributed by atoms with van der Waals surface area (Å²) in [6.07, 6.45) is 1.58. The molecule has 1 aromatic carbocycles. The summed E-state index contributed by atoms with van der Waals surface area (Å²) in [7, 11) is 0. The highest BCUT2D eigenvalue weighted by Gasteiger charge is 2.03. The van der Waals surface area contributed by atoms with Crippen LogP contribution < -0.4 is 4.74 Å². The fourth-order valence-corrected chi connectivity index (χ4v) is 1.20. The van der Waals surface area contributed by atoms with Crippen molar-refractivity contribution in [1.29, 1.82) is 5.26 Å². The Morgan fingerprint density at radius 2 is 1.93 bits per heavy atom. The zero-order valence-corrected chi connectivity index (χ0v) is 8.23. The number of ether oxygens (including phenoxy) is 1. The monoisotopic (exact) mass is 199 g/mol. The summed E-state index contributed by atoms with van der Waals surface area (Å²) in [5, 5.41) is 8.62. The minimum atomic E-state index is 0.617. The Labute approximate surface area is 87.5 Å². The molecule has 1 aromatic heterocycles. The summed E-state index contributed by atoms with van der Waals surface area (Å²) in [4.78, 5) is 0. The first-order chi connectivity index (χ1) is 7.29. The smallest absolute Gasteiger partial charge is 0.168 e. The zero-order chi connectivity index (χ0) is 10.7. The second-order valence-corrected chi connectivity index (χ2v) is 3.08. The van der Waals surface area contributed by atoms with E-state index in [9.17, 15) is 0 Å². The Morgan fingerprint density at radius 1 is 1.20 bits per heavy atom. The highest BCUT2D eigenvalue weighted by molar-refractivity contribution is 5.37. The number of nitriles is 1.